The van der Waals surface area contributed by atoms with E-state index in [1.54, 1.807) is 36.4 Å². The highest BCUT2D eigenvalue weighted by atomic mass is 32.2. The van der Waals surface area contributed by atoms with Crippen LogP contribution in [0.15, 0.2) is 82.5 Å². The van der Waals surface area contributed by atoms with Crippen LogP contribution in [0.4, 0.5) is 4.79 Å². The van der Waals surface area contributed by atoms with E-state index in [1.165, 1.54) is 31.2 Å². The molecule has 0 saturated carbocycles. The molecule has 14 heteroatoms. The van der Waals surface area contributed by atoms with Crippen molar-refractivity contribution in [3.63, 3.8) is 0 Å². The molecule has 1 aromatic heterocycles. The Balaban J connectivity index is 1.66. The zero-order valence-corrected chi connectivity index (χ0v) is 21.7. The van der Waals surface area contributed by atoms with E-state index in [1.807, 2.05) is 0 Å². The number of nitrogens with one attached hydrogen (secondary N) is 2. The zero-order chi connectivity index (χ0) is 28.6. The lowest BCUT2D eigenvalue weighted by Crippen LogP contribution is -2.42. The van der Waals surface area contributed by atoms with Gasteiger partial charge in [0.2, 0.25) is 5.91 Å². The van der Waals surface area contributed by atoms with E-state index >= 15 is 0 Å². The van der Waals surface area contributed by atoms with E-state index in [2.05, 4.69) is 9.71 Å². The normalized spacial score (nSPS) is 19.8. The van der Waals surface area contributed by atoms with Crippen LogP contribution in [0, 0.1) is 0 Å². The van der Waals surface area contributed by atoms with Crippen LogP contribution in [0.5, 0.6) is 0 Å². The molecular formula is C26H23N3O10S. The molecule has 13 nitrogen and oxygen atoms in total. The molecule has 40 heavy (non-hydrogen) atoms. The number of amides is 1. The van der Waals surface area contributed by atoms with Gasteiger partial charge in [-0.3, -0.25) is 23.9 Å². The molecule has 1 aliphatic heterocycles. The lowest BCUT2D eigenvalue weighted by Gasteiger charge is -2.24. The number of esters is 2. The Morgan fingerprint density at radius 2 is 1.52 bits per heavy atom. The molecule has 2 aromatic carbocycles. The summed E-state index contributed by atoms with van der Waals surface area (Å²) in [6.07, 6.45) is -4.37. The Labute approximate surface area is 230 Å². The first-order valence-electron chi connectivity index (χ1n) is 11.8. The first-order valence-corrected chi connectivity index (χ1v) is 12.6. The summed E-state index contributed by atoms with van der Waals surface area (Å²) < 4.78 is 25.7. The van der Waals surface area contributed by atoms with E-state index in [-0.39, 0.29) is 11.1 Å². The van der Waals surface area contributed by atoms with E-state index in [0.29, 0.717) is 11.9 Å². The summed E-state index contributed by atoms with van der Waals surface area (Å²) in [5.41, 5.74) is -1.16. The molecule has 4 atom stereocenters. The van der Waals surface area contributed by atoms with Gasteiger partial charge in [-0.2, -0.15) is 0 Å². The lowest BCUT2D eigenvalue weighted by molar-refractivity contribution is -0.117. The van der Waals surface area contributed by atoms with Crippen LogP contribution in [0.1, 0.15) is 33.9 Å². The van der Waals surface area contributed by atoms with Gasteiger partial charge in [-0.25, -0.2) is 19.2 Å². The maximum absolute atomic E-state index is 13.0. The van der Waals surface area contributed by atoms with E-state index in [0.717, 1.165) is 16.8 Å². The zero-order valence-electron chi connectivity index (χ0n) is 20.9. The summed E-state index contributed by atoms with van der Waals surface area (Å²) >= 11 is 0.322. The molecule has 2 N–H and O–H groups in total. The van der Waals surface area contributed by atoms with Crippen molar-refractivity contribution < 1.29 is 38.1 Å². The number of benzene rings is 2. The quantitative estimate of drug-likeness (QED) is 0.241. The summed E-state index contributed by atoms with van der Waals surface area (Å²) in [6.45, 7) is 0.727. The van der Waals surface area contributed by atoms with Crippen LogP contribution in [0.2, 0.25) is 0 Å². The van der Waals surface area contributed by atoms with Crippen LogP contribution >= 0.6 is 11.9 Å². The molecule has 0 aliphatic carbocycles. The highest BCUT2D eigenvalue weighted by molar-refractivity contribution is 8.12. The Hall–Kier alpha value is -4.69. The maximum Gasteiger partial charge on any atom is 0.388 e. The summed E-state index contributed by atoms with van der Waals surface area (Å²) in [7, 11) is 0. The predicted molar refractivity (Wildman–Crippen MR) is 139 cm³/mol. The molecular weight excluding hydrogens is 546 g/mol. The van der Waals surface area contributed by atoms with Crippen LogP contribution in [-0.2, 0) is 23.7 Å². The van der Waals surface area contributed by atoms with Gasteiger partial charge in [0.1, 0.15) is 12.7 Å². The summed E-state index contributed by atoms with van der Waals surface area (Å²) in [5.74, 6) is -2.04. The fourth-order valence-corrected chi connectivity index (χ4v) is 4.18. The minimum absolute atomic E-state index is 0.171. The molecule has 208 valence electrons. The van der Waals surface area contributed by atoms with Crippen molar-refractivity contribution in [2.75, 3.05) is 6.61 Å². The third-order valence-corrected chi connectivity index (χ3v) is 6.21. The van der Waals surface area contributed by atoms with Gasteiger partial charge in [-0.1, -0.05) is 36.4 Å². The summed E-state index contributed by atoms with van der Waals surface area (Å²) in [6, 6.07) is 17.1. The molecule has 1 amide bonds. The molecule has 3 aromatic rings. The van der Waals surface area contributed by atoms with Gasteiger partial charge in [0, 0.05) is 19.2 Å². The number of hydrogen-bond donors (Lipinski definition) is 2. The molecule has 0 spiro atoms. The Morgan fingerprint density at radius 3 is 2.12 bits per heavy atom. The van der Waals surface area contributed by atoms with Gasteiger partial charge in [-0.15, -0.1) is 0 Å². The van der Waals surface area contributed by atoms with Crippen molar-refractivity contribution >= 4 is 35.1 Å². The number of nitrogens with zero attached hydrogens (tertiary/aromatic N) is 1. The van der Waals surface area contributed by atoms with Crippen molar-refractivity contribution in [3.05, 3.63) is 105 Å². The standard InChI is InChI=1S/C26H23N3O10S/c1-15(30)28-40-26(35)39-21-20(38-24(33)17-10-6-3-7-11-17)18(14-36-23(32)16-8-4-2-5-9-16)37-22(21)29-13-12-19(31)27-25(29)34/h2-13,18,20-22H,14H2,1H3,(H,28,30)(H,27,31,34)/t18-,20-,21-,22-/m1/s1. The van der Waals surface area contributed by atoms with E-state index in [9.17, 15) is 28.8 Å². The fraction of sp³-hybridized carbons (Fsp3) is 0.231. The molecule has 2 heterocycles. The van der Waals surface area contributed by atoms with Gasteiger partial charge < -0.3 is 18.9 Å². The maximum atomic E-state index is 13.0. The van der Waals surface area contributed by atoms with Crippen molar-refractivity contribution in [2.45, 2.75) is 31.5 Å². The third-order valence-electron chi connectivity index (χ3n) is 5.56. The second-order valence-electron chi connectivity index (χ2n) is 8.38. The largest absolute Gasteiger partial charge is 0.459 e. The molecule has 4 rings (SSSR count). The smallest absolute Gasteiger partial charge is 0.388 e. The topological polar surface area (TPSA) is 172 Å². The molecule has 1 saturated heterocycles. The number of rotatable bonds is 7. The third kappa shape index (κ3) is 7.03. The Kier molecular flexibility index (Phi) is 9.14. The van der Waals surface area contributed by atoms with Crippen molar-refractivity contribution in [3.8, 4) is 0 Å². The number of ether oxygens (including phenoxy) is 4. The van der Waals surface area contributed by atoms with E-state index < -0.39 is 65.5 Å². The predicted octanol–water partition coefficient (Wildman–Crippen LogP) is 1.81. The Bertz CT molecular complexity index is 1490. The average Bonchev–Trinajstić information content (AvgIpc) is 3.27. The lowest BCUT2D eigenvalue weighted by atomic mass is 10.1. The van der Waals surface area contributed by atoms with Gasteiger partial charge >= 0.3 is 22.9 Å². The molecule has 1 fully saturated rings. The first kappa shape index (κ1) is 28.3. The number of carbonyl (C=O) groups excluding carboxylic acids is 4. The Morgan fingerprint density at radius 1 is 0.900 bits per heavy atom. The van der Waals surface area contributed by atoms with E-state index in [4.69, 9.17) is 18.9 Å². The number of carbonyl (C=O) groups is 4. The number of aromatic nitrogens is 2. The average molecular weight is 570 g/mol. The number of hydrogen-bond acceptors (Lipinski definition) is 11. The number of aromatic amines is 1. The second-order valence-corrected chi connectivity index (χ2v) is 9.12. The van der Waals surface area contributed by atoms with Crippen molar-refractivity contribution in [1.29, 1.82) is 0 Å². The van der Waals surface area contributed by atoms with Crippen LogP contribution in [0.25, 0.3) is 0 Å². The monoisotopic (exact) mass is 569 g/mol. The van der Waals surface area contributed by atoms with Crippen LogP contribution in [0.3, 0.4) is 0 Å². The minimum Gasteiger partial charge on any atom is -0.459 e. The highest BCUT2D eigenvalue weighted by Gasteiger charge is 2.51. The first-order chi connectivity index (χ1) is 19.2. The van der Waals surface area contributed by atoms with Crippen LogP contribution < -0.4 is 16.0 Å². The SMILES string of the molecule is CC(=O)NSC(=O)O[C@@H]1[C@H](OC(=O)c2ccccc2)[C@@H](COC(=O)c2ccccc2)O[C@H]1n1ccc(=O)[nH]c1=O. The summed E-state index contributed by atoms with van der Waals surface area (Å²) in [4.78, 5) is 75.8. The van der Waals surface area contributed by atoms with Gasteiger partial charge in [0.05, 0.1) is 23.1 Å². The minimum atomic E-state index is -1.47. The van der Waals surface area contributed by atoms with Crippen molar-refractivity contribution in [2.24, 2.45) is 0 Å². The second kappa shape index (κ2) is 12.9. The fourth-order valence-electron chi connectivity index (χ4n) is 3.79. The summed E-state index contributed by atoms with van der Waals surface area (Å²) in [5, 5.41) is -1.01. The number of H-pyrrole nitrogens is 1. The van der Waals surface area contributed by atoms with Gasteiger partial charge in [0.25, 0.3) is 5.56 Å². The molecule has 0 radical (unpaired) electrons. The van der Waals surface area contributed by atoms with Gasteiger partial charge in [-0.05, 0) is 24.3 Å². The van der Waals surface area contributed by atoms with Crippen LogP contribution in [-0.4, -0.2) is 57.6 Å². The highest BCUT2D eigenvalue weighted by Crippen LogP contribution is 2.35. The van der Waals surface area contributed by atoms with Gasteiger partial charge in [0.15, 0.2) is 18.4 Å². The molecule has 0 bridgehead atoms. The molecule has 0 unspecified atom stereocenters. The van der Waals surface area contributed by atoms with Crippen molar-refractivity contribution in [1.82, 2.24) is 14.3 Å². The molecule has 1 aliphatic rings.